The van der Waals surface area contributed by atoms with Gasteiger partial charge in [0.25, 0.3) is 0 Å². The largest absolute Gasteiger partial charge is 0.459 e. The van der Waals surface area contributed by atoms with E-state index in [1.807, 2.05) is 18.2 Å². The van der Waals surface area contributed by atoms with E-state index < -0.39 is 0 Å². The Balaban J connectivity index is 1.73. The number of rotatable bonds is 4. The fourth-order valence-electron chi connectivity index (χ4n) is 2.21. The first-order chi connectivity index (χ1) is 10.1. The molecule has 2 nitrogen and oxygen atoms in total. The van der Waals surface area contributed by atoms with Crippen LogP contribution in [0.15, 0.2) is 62.3 Å². The molecule has 21 heavy (non-hydrogen) atoms. The van der Waals surface area contributed by atoms with E-state index in [2.05, 4.69) is 53.2 Å². The number of para-hydroxylation sites is 1. The molecule has 3 rings (SSSR count). The van der Waals surface area contributed by atoms with E-state index >= 15 is 0 Å². The highest BCUT2D eigenvalue weighted by Gasteiger charge is 2.13. The average molecular weight is 362 g/mol. The maximum Gasteiger partial charge on any atom is 0.137 e. The van der Waals surface area contributed by atoms with Crippen LogP contribution in [0.5, 0.6) is 0 Å². The second-order valence-electron chi connectivity index (χ2n) is 5.01. The lowest BCUT2D eigenvalue weighted by Crippen LogP contribution is -2.11. The Kier molecular flexibility index (Phi) is 4.38. The van der Waals surface area contributed by atoms with Crippen molar-refractivity contribution >= 4 is 38.7 Å². The Morgan fingerprint density at radius 1 is 1.19 bits per heavy atom. The molecule has 4 heteroatoms. The Labute approximate surface area is 136 Å². The zero-order valence-electron chi connectivity index (χ0n) is 11.7. The molecule has 0 aliphatic carbocycles. The summed E-state index contributed by atoms with van der Waals surface area (Å²) in [4.78, 5) is 1.21. The molecule has 0 saturated heterocycles. The fraction of sp³-hybridized carbons (Fsp3) is 0.176. The molecule has 0 saturated carbocycles. The van der Waals surface area contributed by atoms with Crippen LogP contribution in [0.2, 0.25) is 0 Å². The second kappa shape index (κ2) is 6.26. The van der Waals surface area contributed by atoms with Gasteiger partial charge >= 0.3 is 0 Å². The molecule has 0 fully saturated rings. The summed E-state index contributed by atoms with van der Waals surface area (Å²) >= 11 is 5.18. The molecule has 0 spiro atoms. The Morgan fingerprint density at radius 3 is 2.67 bits per heavy atom. The predicted octanol–water partition coefficient (Wildman–Crippen LogP) is 5.30. The van der Waals surface area contributed by atoms with Crippen molar-refractivity contribution in [2.75, 3.05) is 5.75 Å². The zero-order chi connectivity index (χ0) is 14.8. The number of hydrogen-bond acceptors (Lipinski definition) is 3. The first-order valence-corrected chi connectivity index (χ1v) is 8.54. The molecule has 3 aromatic rings. The van der Waals surface area contributed by atoms with Gasteiger partial charge < -0.3 is 10.2 Å². The smallest absolute Gasteiger partial charge is 0.137 e. The van der Waals surface area contributed by atoms with Gasteiger partial charge in [-0.3, -0.25) is 0 Å². The van der Waals surface area contributed by atoms with Crippen molar-refractivity contribution in [3.63, 3.8) is 0 Å². The van der Waals surface area contributed by atoms with Crippen molar-refractivity contribution in [2.45, 2.75) is 17.9 Å². The third-order valence-corrected chi connectivity index (χ3v) is 5.03. The van der Waals surface area contributed by atoms with Gasteiger partial charge in [-0.05, 0) is 42.8 Å². The molecule has 0 bridgehead atoms. The van der Waals surface area contributed by atoms with Gasteiger partial charge in [0, 0.05) is 20.5 Å². The number of hydrogen-bond donors (Lipinski definition) is 1. The van der Waals surface area contributed by atoms with Gasteiger partial charge in [-0.25, -0.2) is 0 Å². The van der Waals surface area contributed by atoms with Crippen molar-refractivity contribution in [1.82, 2.24) is 0 Å². The molecule has 0 aliphatic heterocycles. The highest BCUT2D eigenvalue weighted by atomic mass is 79.9. The third-order valence-electron chi connectivity index (χ3n) is 3.37. The molecule has 2 aromatic carbocycles. The van der Waals surface area contributed by atoms with Crippen molar-refractivity contribution in [1.29, 1.82) is 0 Å². The molecular formula is C17H16BrNOS. The van der Waals surface area contributed by atoms with Gasteiger partial charge in [-0.1, -0.05) is 34.1 Å². The van der Waals surface area contributed by atoms with E-state index in [-0.39, 0.29) is 6.04 Å². The van der Waals surface area contributed by atoms with Crippen LogP contribution in [0, 0.1) is 6.92 Å². The summed E-state index contributed by atoms with van der Waals surface area (Å²) in [5.41, 5.74) is 8.35. The van der Waals surface area contributed by atoms with Crippen LogP contribution in [-0.4, -0.2) is 5.75 Å². The molecule has 1 aromatic heterocycles. The summed E-state index contributed by atoms with van der Waals surface area (Å²) in [6, 6.07) is 16.4. The minimum atomic E-state index is -0.106. The molecule has 108 valence electrons. The van der Waals surface area contributed by atoms with E-state index in [0.29, 0.717) is 0 Å². The standard InChI is InChI=1S/C17H16BrNOS/c1-11-3-2-4-12-9-16(20-17(11)12)15(19)10-21-14-7-5-13(18)6-8-14/h2-9,15H,10,19H2,1H3. The van der Waals surface area contributed by atoms with Gasteiger partial charge in [-0.2, -0.15) is 0 Å². The maximum atomic E-state index is 6.26. The molecule has 1 heterocycles. The lowest BCUT2D eigenvalue weighted by atomic mass is 10.1. The lowest BCUT2D eigenvalue weighted by molar-refractivity contribution is 0.514. The normalized spacial score (nSPS) is 12.7. The third kappa shape index (κ3) is 3.34. The zero-order valence-corrected chi connectivity index (χ0v) is 14.1. The number of halogens is 1. The quantitative estimate of drug-likeness (QED) is 0.641. The topological polar surface area (TPSA) is 39.2 Å². The summed E-state index contributed by atoms with van der Waals surface area (Å²) in [6.45, 7) is 2.05. The van der Waals surface area contributed by atoms with Crippen LogP contribution in [0.25, 0.3) is 11.0 Å². The molecular weight excluding hydrogens is 346 g/mol. The minimum absolute atomic E-state index is 0.106. The molecule has 0 radical (unpaired) electrons. The van der Waals surface area contributed by atoms with Crippen molar-refractivity contribution in [3.05, 3.63) is 64.3 Å². The van der Waals surface area contributed by atoms with E-state index in [1.165, 1.54) is 4.90 Å². The first-order valence-electron chi connectivity index (χ1n) is 6.76. The summed E-state index contributed by atoms with van der Waals surface area (Å²) in [6.07, 6.45) is 0. The molecule has 0 amide bonds. The van der Waals surface area contributed by atoms with Crippen LogP contribution in [0.4, 0.5) is 0 Å². The van der Waals surface area contributed by atoms with E-state index in [4.69, 9.17) is 10.2 Å². The fourth-order valence-corrected chi connectivity index (χ4v) is 3.34. The molecule has 1 atom stereocenters. The number of fused-ring (bicyclic) bond motifs is 1. The van der Waals surface area contributed by atoms with Gasteiger partial charge in [-0.15, -0.1) is 11.8 Å². The summed E-state index contributed by atoms with van der Waals surface area (Å²) in [5, 5.41) is 1.12. The average Bonchev–Trinajstić information content (AvgIpc) is 2.92. The second-order valence-corrected chi connectivity index (χ2v) is 7.02. The number of furan rings is 1. The molecule has 2 N–H and O–H groups in total. The van der Waals surface area contributed by atoms with Crippen molar-refractivity contribution < 1.29 is 4.42 Å². The summed E-state index contributed by atoms with van der Waals surface area (Å²) in [7, 11) is 0. The van der Waals surface area contributed by atoms with Gasteiger partial charge in [0.15, 0.2) is 0 Å². The minimum Gasteiger partial charge on any atom is -0.459 e. The monoisotopic (exact) mass is 361 g/mol. The van der Waals surface area contributed by atoms with Crippen LogP contribution in [0.1, 0.15) is 17.4 Å². The SMILES string of the molecule is Cc1cccc2cc(C(N)CSc3ccc(Br)cc3)oc12. The first kappa shape index (κ1) is 14.7. The highest BCUT2D eigenvalue weighted by molar-refractivity contribution is 9.10. The van der Waals surface area contributed by atoms with E-state index in [1.54, 1.807) is 11.8 Å². The molecule has 0 aliphatic rings. The highest BCUT2D eigenvalue weighted by Crippen LogP contribution is 2.29. The van der Waals surface area contributed by atoms with Crippen LogP contribution < -0.4 is 5.73 Å². The van der Waals surface area contributed by atoms with Crippen LogP contribution >= 0.6 is 27.7 Å². The number of thioether (sulfide) groups is 1. The Morgan fingerprint density at radius 2 is 1.95 bits per heavy atom. The van der Waals surface area contributed by atoms with E-state index in [0.717, 1.165) is 32.5 Å². The van der Waals surface area contributed by atoms with Crippen molar-refractivity contribution in [3.8, 4) is 0 Å². The molecule has 1 unspecified atom stereocenters. The Bertz CT molecular complexity index is 751. The van der Waals surface area contributed by atoms with Crippen LogP contribution in [-0.2, 0) is 0 Å². The van der Waals surface area contributed by atoms with Crippen LogP contribution in [0.3, 0.4) is 0 Å². The summed E-state index contributed by atoms with van der Waals surface area (Å²) < 4.78 is 7.01. The maximum absolute atomic E-state index is 6.26. The van der Waals surface area contributed by atoms with Gasteiger partial charge in [0.1, 0.15) is 11.3 Å². The Hall–Kier alpha value is -1.23. The lowest BCUT2D eigenvalue weighted by Gasteiger charge is -2.08. The van der Waals surface area contributed by atoms with E-state index in [9.17, 15) is 0 Å². The number of aryl methyl sites for hydroxylation is 1. The van der Waals surface area contributed by atoms with Gasteiger partial charge in [0.2, 0.25) is 0 Å². The summed E-state index contributed by atoms with van der Waals surface area (Å²) in [5.74, 6) is 1.64. The number of benzene rings is 2. The predicted molar refractivity (Wildman–Crippen MR) is 92.7 cm³/mol. The van der Waals surface area contributed by atoms with Crippen molar-refractivity contribution in [2.24, 2.45) is 5.73 Å². The number of nitrogens with two attached hydrogens (primary N) is 1. The van der Waals surface area contributed by atoms with Gasteiger partial charge in [0.05, 0.1) is 6.04 Å².